The summed E-state index contributed by atoms with van der Waals surface area (Å²) >= 11 is 0. The van der Waals surface area contributed by atoms with Crippen LogP contribution in [0.15, 0.2) is 0 Å². The molecule has 2 heterocycles. The molecule has 0 saturated carbocycles. The second kappa shape index (κ2) is 5.69. The van der Waals surface area contributed by atoms with Gasteiger partial charge in [-0.05, 0) is 25.7 Å². The number of esters is 1. The van der Waals surface area contributed by atoms with Crippen molar-refractivity contribution in [2.45, 2.75) is 44.2 Å². The van der Waals surface area contributed by atoms with E-state index in [1.807, 2.05) is 0 Å². The molecule has 2 aliphatic rings. The number of hydrogen-bond donors (Lipinski definition) is 1. The predicted octanol–water partition coefficient (Wildman–Crippen LogP) is 0.207. The van der Waals surface area contributed by atoms with Gasteiger partial charge < -0.3 is 9.84 Å². The van der Waals surface area contributed by atoms with Gasteiger partial charge >= 0.3 is 11.9 Å². The van der Waals surface area contributed by atoms with Crippen LogP contribution in [0.1, 0.15) is 32.1 Å². The van der Waals surface area contributed by atoms with Crippen LogP contribution in [0.4, 0.5) is 0 Å². The van der Waals surface area contributed by atoms with Crippen molar-refractivity contribution in [3.63, 3.8) is 0 Å². The smallest absolute Gasteiger partial charge is 0.308 e. The van der Waals surface area contributed by atoms with Crippen LogP contribution >= 0.6 is 0 Å². The van der Waals surface area contributed by atoms with E-state index < -0.39 is 33.9 Å². The Morgan fingerprint density at radius 2 is 2.05 bits per heavy atom. The summed E-state index contributed by atoms with van der Waals surface area (Å²) in [6.45, 7) is 0. The lowest BCUT2D eigenvalue weighted by Gasteiger charge is -2.22. The Bertz CT molecular complexity index is 502. The molecule has 0 amide bonds. The minimum Gasteiger partial charge on any atom is -0.481 e. The van der Waals surface area contributed by atoms with Crippen LogP contribution in [0, 0.1) is 5.92 Å². The van der Waals surface area contributed by atoms with E-state index in [0.29, 0.717) is 12.8 Å². The summed E-state index contributed by atoms with van der Waals surface area (Å²) in [7, 11) is -2.25. The third kappa shape index (κ3) is 2.80. The van der Waals surface area contributed by atoms with E-state index in [0.717, 1.165) is 6.42 Å². The first kappa shape index (κ1) is 15.2. The molecule has 2 saturated heterocycles. The second-order valence-corrected chi connectivity index (χ2v) is 7.30. The maximum atomic E-state index is 12.3. The predicted molar refractivity (Wildman–Crippen MR) is 69.4 cm³/mol. The van der Waals surface area contributed by atoms with Gasteiger partial charge in [0, 0.05) is 18.5 Å². The summed E-state index contributed by atoms with van der Waals surface area (Å²) in [6, 6.07) is -0.607. The van der Waals surface area contributed by atoms with E-state index in [1.54, 1.807) is 0 Å². The van der Waals surface area contributed by atoms with Gasteiger partial charge in [-0.3, -0.25) is 9.59 Å². The van der Waals surface area contributed by atoms with Gasteiger partial charge in [-0.25, -0.2) is 8.42 Å². The van der Waals surface area contributed by atoms with Gasteiger partial charge in [0.05, 0.1) is 18.8 Å². The molecule has 0 aromatic heterocycles. The highest BCUT2D eigenvalue weighted by atomic mass is 32.2. The van der Waals surface area contributed by atoms with Crippen molar-refractivity contribution < 1.29 is 27.9 Å². The number of carbonyl (C=O) groups excluding carboxylic acids is 1. The van der Waals surface area contributed by atoms with Crippen LogP contribution in [-0.4, -0.2) is 54.7 Å². The molecule has 1 N–H and O–H groups in total. The molecule has 20 heavy (non-hydrogen) atoms. The first-order valence-electron chi connectivity index (χ1n) is 6.67. The Morgan fingerprint density at radius 3 is 2.60 bits per heavy atom. The van der Waals surface area contributed by atoms with Crippen LogP contribution in [0.5, 0.6) is 0 Å². The number of ether oxygens (including phenoxy) is 1. The Kier molecular flexibility index (Phi) is 4.33. The number of aliphatic carboxylic acids is 1. The van der Waals surface area contributed by atoms with E-state index in [4.69, 9.17) is 5.11 Å². The monoisotopic (exact) mass is 305 g/mol. The van der Waals surface area contributed by atoms with Crippen LogP contribution in [-0.2, 0) is 24.3 Å². The third-order valence-electron chi connectivity index (χ3n) is 4.12. The van der Waals surface area contributed by atoms with Gasteiger partial charge in [0.25, 0.3) is 0 Å². The van der Waals surface area contributed by atoms with Crippen molar-refractivity contribution in [3.8, 4) is 0 Å². The SMILES string of the molecule is COC(=O)CCCS(=O)(=O)N1C2CCC1C(C(=O)O)C2. The van der Waals surface area contributed by atoms with E-state index in [9.17, 15) is 18.0 Å². The van der Waals surface area contributed by atoms with E-state index >= 15 is 0 Å². The quantitative estimate of drug-likeness (QED) is 0.704. The first-order chi connectivity index (χ1) is 9.36. The summed E-state index contributed by atoms with van der Waals surface area (Å²) in [5.41, 5.74) is 0. The molecular weight excluding hydrogens is 286 g/mol. The lowest BCUT2D eigenvalue weighted by atomic mass is 9.89. The van der Waals surface area contributed by atoms with Gasteiger partial charge in [-0.2, -0.15) is 4.31 Å². The molecule has 114 valence electrons. The molecule has 0 aliphatic carbocycles. The zero-order valence-electron chi connectivity index (χ0n) is 11.3. The Hall–Kier alpha value is -1.15. The van der Waals surface area contributed by atoms with Crippen LogP contribution in [0.3, 0.4) is 0 Å². The minimum absolute atomic E-state index is 0.0568. The zero-order chi connectivity index (χ0) is 14.9. The Labute approximate surface area is 117 Å². The number of rotatable bonds is 6. The molecule has 2 fully saturated rings. The molecule has 7 nitrogen and oxygen atoms in total. The van der Waals surface area contributed by atoms with E-state index in [1.165, 1.54) is 11.4 Å². The lowest BCUT2D eigenvalue weighted by Crippen LogP contribution is -2.39. The maximum absolute atomic E-state index is 12.3. The zero-order valence-corrected chi connectivity index (χ0v) is 12.1. The largest absolute Gasteiger partial charge is 0.481 e. The van der Waals surface area contributed by atoms with Gasteiger partial charge in [0.15, 0.2) is 0 Å². The summed E-state index contributed by atoms with van der Waals surface area (Å²) < 4.78 is 30.5. The molecule has 3 unspecified atom stereocenters. The number of nitrogens with zero attached hydrogens (tertiary/aromatic N) is 1. The number of hydrogen-bond acceptors (Lipinski definition) is 5. The van der Waals surface area contributed by atoms with Gasteiger partial charge in [0.1, 0.15) is 0 Å². The van der Waals surface area contributed by atoms with E-state index in [2.05, 4.69) is 4.74 Å². The van der Waals surface area contributed by atoms with Crippen molar-refractivity contribution in [2.75, 3.05) is 12.9 Å². The minimum atomic E-state index is -3.50. The molecule has 2 bridgehead atoms. The number of methoxy groups -OCH3 is 1. The standard InChI is InChI=1S/C12H19NO6S/c1-19-11(14)3-2-6-20(17,18)13-8-4-5-10(13)9(7-8)12(15)16/h8-10H,2-7H2,1H3,(H,15,16). The van der Waals surface area contributed by atoms with Gasteiger partial charge in [-0.15, -0.1) is 0 Å². The lowest BCUT2D eigenvalue weighted by molar-refractivity contribution is -0.142. The fourth-order valence-corrected chi connectivity index (χ4v) is 5.27. The van der Waals surface area contributed by atoms with Crippen molar-refractivity contribution in [1.29, 1.82) is 0 Å². The molecule has 0 aromatic carbocycles. The fourth-order valence-electron chi connectivity index (χ4n) is 3.24. The molecule has 0 aromatic rings. The molecule has 3 atom stereocenters. The number of carboxylic acid groups (broad SMARTS) is 1. The highest BCUT2D eigenvalue weighted by Gasteiger charge is 2.53. The molecule has 0 radical (unpaired) electrons. The average Bonchev–Trinajstić information content (AvgIpc) is 2.96. The van der Waals surface area contributed by atoms with Crippen molar-refractivity contribution >= 4 is 22.0 Å². The average molecular weight is 305 g/mol. The highest BCUT2D eigenvalue weighted by molar-refractivity contribution is 7.89. The van der Waals surface area contributed by atoms with Crippen LogP contribution in [0.2, 0.25) is 0 Å². The summed E-state index contributed by atoms with van der Waals surface area (Å²) in [6.07, 6.45) is 1.99. The normalized spacial score (nSPS) is 29.6. The molecule has 2 aliphatic heterocycles. The summed E-state index contributed by atoms with van der Waals surface area (Å²) in [5.74, 6) is -2.09. The topological polar surface area (TPSA) is 101 Å². The summed E-state index contributed by atoms with van der Waals surface area (Å²) in [4.78, 5) is 22.1. The maximum Gasteiger partial charge on any atom is 0.308 e. The summed E-state index contributed by atoms with van der Waals surface area (Å²) in [5, 5.41) is 9.12. The number of carbonyl (C=O) groups is 2. The number of carboxylic acids is 1. The van der Waals surface area contributed by atoms with Crippen LogP contribution < -0.4 is 0 Å². The van der Waals surface area contributed by atoms with Crippen molar-refractivity contribution in [2.24, 2.45) is 5.92 Å². The molecule has 0 spiro atoms. The van der Waals surface area contributed by atoms with Gasteiger partial charge in [0.2, 0.25) is 10.0 Å². The second-order valence-electron chi connectivity index (χ2n) is 5.30. The Morgan fingerprint density at radius 1 is 1.35 bits per heavy atom. The Balaban J connectivity index is 2.00. The molecular formula is C12H19NO6S. The fraction of sp³-hybridized carbons (Fsp3) is 0.833. The van der Waals surface area contributed by atoms with E-state index in [-0.39, 0.29) is 24.6 Å². The van der Waals surface area contributed by atoms with Gasteiger partial charge in [-0.1, -0.05) is 0 Å². The molecule has 8 heteroatoms. The molecule has 2 rings (SSSR count). The van der Waals surface area contributed by atoms with Crippen molar-refractivity contribution in [1.82, 2.24) is 4.31 Å². The number of fused-ring (bicyclic) bond motifs is 2. The van der Waals surface area contributed by atoms with Crippen LogP contribution in [0.25, 0.3) is 0 Å². The first-order valence-corrected chi connectivity index (χ1v) is 8.28. The number of sulfonamides is 1. The third-order valence-corrected chi connectivity index (χ3v) is 6.14. The highest BCUT2D eigenvalue weighted by Crippen LogP contribution is 2.43. The van der Waals surface area contributed by atoms with Crippen molar-refractivity contribution in [3.05, 3.63) is 0 Å².